The molecule has 0 radical (unpaired) electrons. The molecular weight excluding hydrogens is 204 g/mol. The van der Waals surface area contributed by atoms with Crippen LogP contribution in [0.4, 0.5) is 0 Å². The van der Waals surface area contributed by atoms with Gasteiger partial charge in [-0.1, -0.05) is 0 Å². The molecular formula is C12H22N2O2. The second kappa shape index (κ2) is 5.15. The number of hydrogen-bond acceptors (Lipinski definition) is 3. The van der Waals surface area contributed by atoms with Crippen molar-refractivity contribution in [3.63, 3.8) is 0 Å². The molecule has 2 fully saturated rings. The Labute approximate surface area is 97.1 Å². The van der Waals surface area contributed by atoms with Crippen molar-refractivity contribution in [2.24, 2.45) is 5.92 Å². The van der Waals surface area contributed by atoms with Gasteiger partial charge in [0.25, 0.3) is 0 Å². The van der Waals surface area contributed by atoms with Crippen LogP contribution in [0.25, 0.3) is 0 Å². The minimum atomic E-state index is -0.127. The third-order valence-corrected chi connectivity index (χ3v) is 3.60. The van der Waals surface area contributed by atoms with Gasteiger partial charge >= 0.3 is 0 Å². The fraction of sp³-hybridized carbons (Fsp3) is 0.917. The quantitative estimate of drug-likeness (QED) is 0.743. The minimum absolute atomic E-state index is 0.127. The van der Waals surface area contributed by atoms with Crippen LogP contribution in [0, 0.1) is 5.92 Å². The Bertz CT molecular complexity index is 243. The van der Waals surface area contributed by atoms with Crippen LogP contribution in [0.3, 0.4) is 0 Å². The lowest BCUT2D eigenvalue weighted by Gasteiger charge is -2.26. The van der Waals surface area contributed by atoms with Crippen LogP contribution in [-0.4, -0.2) is 37.7 Å². The van der Waals surface area contributed by atoms with E-state index in [4.69, 9.17) is 4.74 Å². The molecule has 92 valence electrons. The van der Waals surface area contributed by atoms with E-state index in [9.17, 15) is 4.79 Å². The number of nitrogens with one attached hydrogen (secondary N) is 2. The summed E-state index contributed by atoms with van der Waals surface area (Å²) in [6.45, 7) is 5.44. The highest BCUT2D eigenvalue weighted by atomic mass is 16.5. The summed E-state index contributed by atoms with van der Waals surface area (Å²) in [4.78, 5) is 11.9. The van der Waals surface area contributed by atoms with Crippen molar-refractivity contribution in [3.8, 4) is 0 Å². The van der Waals surface area contributed by atoms with Crippen molar-refractivity contribution in [2.45, 2.75) is 38.2 Å². The first-order valence-electron chi connectivity index (χ1n) is 6.32. The number of amides is 1. The second-order valence-corrected chi connectivity index (χ2v) is 5.16. The van der Waals surface area contributed by atoms with Gasteiger partial charge in [-0.15, -0.1) is 0 Å². The van der Waals surface area contributed by atoms with Gasteiger partial charge in [0.1, 0.15) is 0 Å². The average molecular weight is 226 g/mol. The van der Waals surface area contributed by atoms with E-state index in [1.807, 2.05) is 0 Å². The third kappa shape index (κ3) is 2.95. The van der Waals surface area contributed by atoms with E-state index in [1.165, 1.54) is 0 Å². The van der Waals surface area contributed by atoms with Gasteiger partial charge < -0.3 is 15.4 Å². The fourth-order valence-corrected chi connectivity index (χ4v) is 2.47. The van der Waals surface area contributed by atoms with Crippen LogP contribution in [0.1, 0.15) is 32.6 Å². The van der Waals surface area contributed by atoms with Gasteiger partial charge in [-0.2, -0.15) is 0 Å². The molecule has 0 bridgehead atoms. The van der Waals surface area contributed by atoms with E-state index in [1.54, 1.807) is 0 Å². The molecule has 2 atom stereocenters. The van der Waals surface area contributed by atoms with Gasteiger partial charge in [-0.3, -0.25) is 4.79 Å². The van der Waals surface area contributed by atoms with Crippen LogP contribution < -0.4 is 10.6 Å². The molecule has 0 aliphatic carbocycles. The zero-order chi connectivity index (χ0) is 11.4. The van der Waals surface area contributed by atoms with Gasteiger partial charge in [0, 0.05) is 19.7 Å². The predicted octanol–water partition coefficient (Wildman–Crippen LogP) is 0.671. The van der Waals surface area contributed by atoms with E-state index in [2.05, 4.69) is 17.6 Å². The van der Waals surface area contributed by atoms with Crippen molar-refractivity contribution < 1.29 is 9.53 Å². The summed E-state index contributed by atoms with van der Waals surface area (Å²) in [5.41, 5.74) is -0.127. The standard InChI is InChI=1S/C12H22N2O2/c1-12(5-3-7-16-12)9-14-11(15)10-4-2-6-13-8-10/h10,13H,2-9H2,1H3,(H,14,15)/t10-,12?/m0/s1. The van der Waals surface area contributed by atoms with Gasteiger partial charge in [0.2, 0.25) is 5.91 Å². The lowest BCUT2D eigenvalue weighted by Crippen LogP contribution is -2.45. The first-order valence-corrected chi connectivity index (χ1v) is 6.32. The molecule has 2 heterocycles. The molecule has 0 aromatic heterocycles. The Morgan fingerprint density at radius 1 is 1.56 bits per heavy atom. The summed E-state index contributed by atoms with van der Waals surface area (Å²) in [5, 5.41) is 6.29. The smallest absolute Gasteiger partial charge is 0.224 e. The van der Waals surface area contributed by atoms with Gasteiger partial charge in [-0.25, -0.2) is 0 Å². The van der Waals surface area contributed by atoms with Crippen molar-refractivity contribution in [3.05, 3.63) is 0 Å². The zero-order valence-corrected chi connectivity index (χ0v) is 10.1. The molecule has 0 aromatic rings. The van der Waals surface area contributed by atoms with Crippen LogP contribution in [0.2, 0.25) is 0 Å². The molecule has 1 amide bonds. The topological polar surface area (TPSA) is 50.4 Å². The van der Waals surface area contributed by atoms with Crippen LogP contribution in [-0.2, 0) is 9.53 Å². The maximum atomic E-state index is 11.9. The Kier molecular flexibility index (Phi) is 3.82. The summed E-state index contributed by atoms with van der Waals surface area (Å²) >= 11 is 0. The molecule has 1 unspecified atom stereocenters. The van der Waals surface area contributed by atoms with Crippen LogP contribution in [0.15, 0.2) is 0 Å². The highest BCUT2D eigenvalue weighted by Crippen LogP contribution is 2.24. The molecule has 2 aliphatic rings. The molecule has 4 nitrogen and oxygen atoms in total. The summed E-state index contributed by atoms with van der Waals surface area (Å²) in [6.07, 6.45) is 4.27. The zero-order valence-electron chi connectivity index (χ0n) is 10.1. The first kappa shape index (κ1) is 11.9. The van der Waals surface area contributed by atoms with Crippen molar-refractivity contribution in [2.75, 3.05) is 26.2 Å². The third-order valence-electron chi connectivity index (χ3n) is 3.60. The highest BCUT2D eigenvalue weighted by molar-refractivity contribution is 5.79. The number of carbonyl (C=O) groups excluding carboxylic acids is 1. The number of piperidine rings is 1. The summed E-state index contributed by atoms with van der Waals surface area (Å²) in [7, 11) is 0. The summed E-state index contributed by atoms with van der Waals surface area (Å²) < 4.78 is 5.65. The van der Waals surface area contributed by atoms with Crippen LogP contribution in [0.5, 0.6) is 0 Å². The molecule has 0 spiro atoms. The maximum Gasteiger partial charge on any atom is 0.224 e. The number of hydrogen-bond donors (Lipinski definition) is 2. The van der Waals surface area contributed by atoms with Gasteiger partial charge in [-0.05, 0) is 39.2 Å². The van der Waals surface area contributed by atoms with E-state index in [0.717, 1.165) is 45.4 Å². The second-order valence-electron chi connectivity index (χ2n) is 5.16. The van der Waals surface area contributed by atoms with Gasteiger partial charge in [0.15, 0.2) is 0 Å². The lowest BCUT2D eigenvalue weighted by molar-refractivity contribution is -0.126. The summed E-state index contributed by atoms with van der Waals surface area (Å²) in [5.74, 6) is 0.336. The van der Waals surface area contributed by atoms with Crippen molar-refractivity contribution in [1.29, 1.82) is 0 Å². The lowest BCUT2D eigenvalue weighted by atomic mass is 9.97. The monoisotopic (exact) mass is 226 g/mol. The molecule has 0 saturated carbocycles. The molecule has 2 rings (SSSR count). The SMILES string of the molecule is CC1(CNC(=O)[C@H]2CCCNC2)CCCO1. The highest BCUT2D eigenvalue weighted by Gasteiger charge is 2.31. The predicted molar refractivity (Wildman–Crippen MR) is 62.2 cm³/mol. The Morgan fingerprint density at radius 2 is 2.44 bits per heavy atom. The normalized spacial score (nSPS) is 34.9. The molecule has 16 heavy (non-hydrogen) atoms. The van der Waals surface area contributed by atoms with E-state index in [0.29, 0.717) is 6.54 Å². The maximum absolute atomic E-state index is 11.9. The number of ether oxygens (including phenoxy) is 1. The fourth-order valence-electron chi connectivity index (χ4n) is 2.47. The Hall–Kier alpha value is -0.610. The van der Waals surface area contributed by atoms with Gasteiger partial charge in [0.05, 0.1) is 11.5 Å². The van der Waals surface area contributed by atoms with Crippen molar-refractivity contribution in [1.82, 2.24) is 10.6 Å². The van der Waals surface area contributed by atoms with E-state index >= 15 is 0 Å². The molecule has 2 N–H and O–H groups in total. The average Bonchev–Trinajstić information content (AvgIpc) is 2.75. The molecule has 4 heteroatoms. The van der Waals surface area contributed by atoms with E-state index < -0.39 is 0 Å². The first-order chi connectivity index (χ1) is 7.70. The largest absolute Gasteiger partial charge is 0.373 e. The minimum Gasteiger partial charge on any atom is -0.373 e. The van der Waals surface area contributed by atoms with E-state index in [-0.39, 0.29) is 17.4 Å². The molecule has 2 saturated heterocycles. The molecule has 2 aliphatic heterocycles. The number of carbonyl (C=O) groups is 1. The van der Waals surface area contributed by atoms with Crippen molar-refractivity contribution >= 4 is 5.91 Å². The molecule has 0 aromatic carbocycles. The summed E-state index contributed by atoms with van der Waals surface area (Å²) in [6, 6.07) is 0. The van der Waals surface area contributed by atoms with Crippen LogP contribution >= 0.6 is 0 Å². The Morgan fingerprint density at radius 3 is 3.06 bits per heavy atom. The number of rotatable bonds is 3. The Balaban J connectivity index is 1.74.